The number of nitrogen functional groups attached to an aromatic ring is 1. The number of nitrogens with zero attached hydrogens (tertiary/aromatic N) is 2. The number of aromatic nitrogens is 1. The molecular weight excluding hydrogens is 309 g/mol. The Morgan fingerprint density at radius 2 is 2.31 bits per heavy atom. The minimum Gasteiger partial charge on any atom is -0.287 e. The van der Waals surface area contributed by atoms with Crippen molar-refractivity contribution in [3.05, 3.63) is 18.8 Å². The Kier molecular flexibility index (Phi) is 2.93. The van der Waals surface area contributed by atoms with E-state index in [0.29, 0.717) is 0 Å². The van der Waals surface area contributed by atoms with Gasteiger partial charge in [0, 0.05) is 6.92 Å². The van der Waals surface area contributed by atoms with Crippen molar-refractivity contribution in [1.82, 2.24) is 4.98 Å². The SMILES string of the molecule is CC(=O)c1nc(I)c([N+](=O)[O-])[s+]1N. The van der Waals surface area contributed by atoms with Crippen LogP contribution in [0.25, 0.3) is 0 Å². The van der Waals surface area contributed by atoms with Crippen LogP contribution in [-0.2, 0) is 0 Å². The molecule has 1 heterocycles. The van der Waals surface area contributed by atoms with Crippen molar-refractivity contribution in [3.8, 4) is 0 Å². The van der Waals surface area contributed by atoms with Crippen molar-refractivity contribution in [1.29, 1.82) is 0 Å². The van der Waals surface area contributed by atoms with Crippen LogP contribution in [-0.4, -0.2) is 15.7 Å². The summed E-state index contributed by atoms with van der Waals surface area (Å²) < 4.78 is 0.193. The largest absolute Gasteiger partial charge is 0.517 e. The van der Waals surface area contributed by atoms with Crippen LogP contribution in [0, 0.1) is 13.8 Å². The molecule has 6 nitrogen and oxygen atoms in total. The highest BCUT2D eigenvalue weighted by atomic mass is 127. The first-order valence-electron chi connectivity index (χ1n) is 3.07. The lowest BCUT2D eigenvalue weighted by Crippen LogP contribution is -1.96. The van der Waals surface area contributed by atoms with Gasteiger partial charge in [-0.3, -0.25) is 14.9 Å². The van der Waals surface area contributed by atoms with Crippen molar-refractivity contribution in [2.75, 3.05) is 5.14 Å². The van der Waals surface area contributed by atoms with Crippen molar-refractivity contribution in [2.24, 2.45) is 0 Å². The van der Waals surface area contributed by atoms with Crippen LogP contribution < -0.4 is 5.14 Å². The Morgan fingerprint density at radius 3 is 2.54 bits per heavy atom. The molecule has 1 atom stereocenters. The fourth-order valence-electron chi connectivity index (χ4n) is 0.758. The first-order chi connectivity index (χ1) is 5.95. The average Bonchev–Trinajstić information content (AvgIpc) is 2.26. The first-order valence-corrected chi connectivity index (χ1v) is 5.44. The first kappa shape index (κ1) is 10.5. The number of carbonyl (C=O) groups is 1. The third-order valence-electron chi connectivity index (χ3n) is 1.26. The Bertz CT molecular complexity index is 389. The fraction of sp³-hybridized carbons (Fsp3) is 0.200. The lowest BCUT2D eigenvalue weighted by Gasteiger charge is -1.79. The molecule has 2 N–H and O–H groups in total. The zero-order chi connectivity index (χ0) is 10.2. The van der Waals surface area contributed by atoms with E-state index in [2.05, 4.69) is 4.98 Å². The minimum atomic E-state index is -1.27. The van der Waals surface area contributed by atoms with E-state index >= 15 is 0 Å². The van der Waals surface area contributed by atoms with Gasteiger partial charge in [0.15, 0.2) is 10.7 Å². The van der Waals surface area contributed by atoms with E-state index < -0.39 is 15.6 Å². The second-order valence-corrected chi connectivity index (χ2v) is 4.63. The summed E-state index contributed by atoms with van der Waals surface area (Å²) in [5.41, 5.74) is 0. The van der Waals surface area contributed by atoms with Gasteiger partial charge in [-0.15, -0.1) is 5.14 Å². The second-order valence-electron chi connectivity index (χ2n) is 2.16. The number of hydrogen-bond donors (Lipinski definition) is 1. The number of nitro groups is 1. The number of nitrogens with two attached hydrogens (primary N) is 1. The highest BCUT2D eigenvalue weighted by Gasteiger charge is 2.37. The van der Waals surface area contributed by atoms with Crippen LogP contribution in [0.15, 0.2) is 0 Å². The summed E-state index contributed by atoms with van der Waals surface area (Å²) in [5.74, 6) is -0.322. The molecule has 70 valence electrons. The lowest BCUT2D eigenvalue weighted by molar-refractivity contribution is -0.381. The van der Waals surface area contributed by atoms with Crippen molar-refractivity contribution >= 4 is 44.0 Å². The van der Waals surface area contributed by atoms with E-state index in [1.54, 1.807) is 22.6 Å². The molecule has 1 unspecified atom stereocenters. The molecule has 1 rings (SSSR count). The Morgan fingerprint density at radius 1 is 1.77 bits per heavy atom. The maximum Gasteiger partial charge on any atom is 0.517 e. The summed E-state index contributed by atoms with van der Waals surface area (Å²) in [6, 6.07) is 0. The fourth-order valence-corrected chi connectivity index (χ4v) is 3.14. The van der Waals surface area contributed by atoms with Crippen LogP contribution in [0.2, 0.25) is 0 Å². The predicted octanol–water partition coefficient (Wildman–Crippen LogP) is 1.26. The molecule has 0 saturated carbocycles. The number of rotatable bonds is 2. The number of thiazole rings is 1. The van der Waals surface area contributed by atoms with Gasteiger partial charge >= 0.3 is 10.0 Å². The van der Waals surface area contributed by atoms with Crippen molar-refractivity contribution < 1.29 is 9.72 Å². The minimum absolute atomic E-state index is 0.0797. The number of halogens is 1. The quantitative estimate of drug-likeness (QED) is 0.291. The molecule has 13 heavy (non-hydrogen) atoms. The Balaban J connectivity index is 3.39. The van der Waals surface area contributed by atoms with Crippen LogP contribution in [0.3, 0.4) is 0 Å². The molecule has 1 aromatic rings. The Hall–Kier alpha value is -0.610. The van der Waals surface area contributed by atoms with E-state index in [0.717, 1.165) is 0 Å². The molecule has 0 aliphatic carbocycles. The maximum atomic E-state index is 10.9. The summed E-state index contributed by atoms with van der Waals surface area (Å²) in [7, 11) is -1.27. The van der Waals surface area contributed by atoms with E-state index in [-0.39, 0.29) is 19.5 Å². The maximum absolute atomic E-state index is 10.9. The molecule has 0 aliphatic rings. The van der Waals surface area contributed by atoms with Gasteiger partial charge < -0.3 is 0 Å². The number of Topliss-reactive ketones (excluding diaryl/α,β-unsaturated/α-hetero) is 1. The topological polar surface area (TPSA) is 99.1 Å². The molecule has 0 spiro atoms. The normalized spacial score (nSPS) is 11.5. The van der Waals surface area contributed by atoms with Crippen LogP contribution in [0.1, 0.15) is 16.7 Å². The molecule has 0 fully saturated rings. The second kappa shape index (κ2) is 3.64. The van der Waals surface area contributed by atoms with Gasteiger partial charge in [0.2, 0.25) is 9.48 Å². The molecule has 1 aromatic heterocycles. The van der Waals surface area contributed by atoms with E-state index in [1.807, 2.05) is 0 Å². The zero-order valence-electron chi connectivity index (χ0n) is 6.48. The van der Waals surface area contributed by atoms with Gasteiger partial charge in [0.25, 0.3) is 0 Å². The number of carbonyl (C=O) groups excluding carboxylic acids is 1. The molecule has 0 amide bonds. The molecule has 0 aliphatic heterocycles. The Labute approximate surface area is 89.5 Å². The van der Waals surface area contributed by atoms with Crippen LogP contribution in [0.5, 0.6) is 0 Å². The van der Waals surface area contributed by atoms with Gasteiger partial charge in [-0.2, -0.15) is 4.98 Å². The monoisotopic (exact) mass is 314 g/mol. The third-order valence-corrected chi connectivity index (χ3v) is 3.93. The molecule has 8 heteroatoms. The number of hydrogen-bond acceptors (Lipinski definition) is 5. The average molecular weight is 314 g/mol. The smallest absolute Gasteiger partial charge is 0.287 e. The molecule has 0 radical (unpaired) electrons. The number of ketones is 1. The van der Waals surface area contributed by atoms with Gasteiger partial charge in [0.1, 0.15) is 4.92 Å². The highest BCUT2D eigenvalue weighted by molar-refractivity contribution is 14.1. The highest BCUT2D eigenvalue weighted by Crippen LogP contribution is 2.34. The van der Waals surface area contributed by atoms with E-state index in [1.165, 1.54) is 6.92 Å². The van der Waals surface area contributed by atoms with Gasteiger partial charge in [-0.1, -0.05) is 0 Å². The van der Waals surface area contributed by atoms with Crippen LogP contribution in [0.4, 0.5) is 5.00 Å². The van der Waals surface area contributed by atoms with Gasteiger partial charge in [0.05, 0.1) is 0 Å². The van der Waals surface area contributed by atoms with E-state index in [4.69, 9.17) is 5.14 Å². The third kappa shape index (κ3) is 1.84. The van der Waals surface area contributed by atoms with E-state index in [9.17, 15) is 14.9 Å². The summed E-state index contributed by atoms with van der Waals surface area (Å²) in [4.78, 5) is 24.5. The summed E-state index contributed by atoms with van der Waals surface area (Å²) in [6.07, 6.45) is 0. The molecule has 0 aromatic carbocycles. The summed E-state index contributed by atoms with van der Waals surface area (Å²) in [6.45, 7) is 1.29. The summed E-state index contributed by atoms with van der Waals surface area (Å²) >= 11 is 1.70. The van der Waals surface area contributed by atoms with Gasteiger partial charge in [-0.05, 0) is 22.6 Å². The van der Waals surface area contributed by atoms with Gasteiger partial charge in [-0.25, -0.2) is 0 Å². The molecular formula is C5H5IN3O3S+. The van der Waals surface area contributed by atoms with Crippen molar-refractivity contribution in [3.63, 3.8) is 0 Å². The molecule has 0 saturated heterocycles. The standard InChI is InChI=1S/C5H5IN3O3S/c1-2(10)4-8-3(6)5(9(11)12)13(4)7/h7H2,1H3/q+1. The predicted molar refractivity (Wildman–Crippen MR) is 56.2 cm³/mol. The van der Waals surface area contributed by atoms with Crippen molar-refractivity contribution in [2.45, 2.75) is 6.92 Å². The lowest BCUT2D eigenvalue weighted by atomic mass is 10.5. The van der Waals surface area contributed by atoms with Crippen LogP contribution >= 0.6 is 33.2 Å². The molecule has 0 bridgehead atoms. The summed E-state index contributed by atoms with van der Waals surface area (Å²) in [5, 5.41) is 15.9. The zero-order valence-corrected chi connectivity index (χ0v) is 9.46.